The molecule has 0 aliphatic heterocycles. The van der Waals surface area contributed by atoms with Crippen LogP contribution in [0.5, 0.6) is 0 Å². The first kappa shape index (κ1) is 19.9. The maximum absolute atomic E-state index is 13.7. The molecule has 0 amide bonds. The van der Waals surface area contributed by atoms with E-state index in [9.17, 15) is 18.3 Å². The van der Waals surface area contributed by atoms with Crippen molar-refractivity contribution in [3.8, 4) is 0 Å². The van der Waals surface area contributed by atoms with Crippen molar-refractivity contribution in [3.63, 3.8) is 0 Å². The number of nitrogens with one attached hydrogen (secondary N) is 1. The Bertz CT molecular complexity index is 986. The molecule has 1 aromatic heterocycles. The second-order valence-electron chi connectivity index (χ2n) is 6.85. The predicted octanol–water partition coefficient (Wildman–Crippen LogP) is 5.35. The van der Waals surface area contributed by atoms with Crippen LogP contribution in [-0.2, 0) is 0 Å². The van der Waals surface area contributed by atoms with Crippen LogP contribution in [0.1, 0.15) is 17.7 Å². The van der Waals surface area contributed by atoms with Crippen molar-refractivity contribution < 1.29 is 18.3 Å². The van der Waals surface area contributed by atoms with Crippen molar-refractivity contribution in [2.75, 3.05) is 11.9 Å². The molecule has 3 rings (SSSR count). The van der Waals surface area contributed by atoms with Crippen LogP contribution >= 0.6 is 0 Å². The monoisotopic (exact) mass is 386 g/mol. The third-order valence-corrected chi connectivity index (χ3v) is 4.66. The summed E-state index contributed by atoms with van der Waals surface area (Å²) in [6.07, 6.45) is -5.45. The molecule has 1 heterocycles. The molecule has 146 valence electrons. The maximum atomic E-state index is 13.7. The van der Waals surface area contributed by atoms with Crippen LogP contribution in [0, 0.1) is 6.92 Å². The molecule has 1 unspecified atom stereocenters. The van der Waals surface area contributed by atoms with Crippen LogP contribution < -0.4 is 5.32 Å². The topological polar surface area (TPSA) is 45.1 Å². The fourth-order valence-electron chi connectivity index (χ4n) is 3.04. The van der Waals surface area contributed by atoms with Gasteiger partial charge in [-0.2, -0.15) is 13.2 Å². The summed E-state index contributed by atoms with van der Waals surface area (Å²) in [7, 11) is 0. The van der Waals surface area contributed by atoms with Crippen LogP contribution in [0.2, 0.25) is 0 Å². The number of benzene rings is 2. The van der Waals surface area contributed by atoms with E-state index in [1.807, 2.05) is 6.92 Å². The number of hydrogen-bond donors (Lipinski definition) is 2. The highest BCUT2D eigenvalue weighted by Crippen LogP contribution is 2.38. The van der Waals surface area contributed by atoms with E-state index >= 15 is 0 Å². The zero-order valence-corrected chi connectivity index (χ0v) is 15.4. The quantitative estimate of drug-likeness (QED) is 0.600. The molecule has 0 saturated heterocycles. The first-order valence-electron chi connectivity index (χ1n) is 8.82. The summed E-state index contributed by atoms with van der Waals surface area (Å²) < 4.78 is 41.1. The van der Waals surface area contributed by atoms with E-state index in [0.29, 0.717) is 22.2 Å². The molecule has 1 atom stereocenters. The maximum Gasteiger partial charge on any atom is 0.419 e. The Balaban J connectivity index is 1.85. The summed E-state index contributed by atoms with van der Waals surface area (Å²) >= 11 is 0. The molecule has 2 aromatic carbocycles. The first-order valence-corrected chi connectivity index (χ1v) is 8.82. The highest BCUT2D eigenvalue weighted by atomic mass is 19.4. The minimum Gasteiger partial charge on any atom is -0.381 e. The number of alkyl halides is 3. The average molecular weight is 386 g/mol. The molecule has 3 aromatic rings. The van der Waals surface area contributed by atoms with Crippen LogP contribution in [-0.4, -0.2) is 28.4 Å². The van der Waals surface area contributed by atoms with Crippen LogP contribution in [0.25, 0.3) is 16.5 Å². The van der Waals surface area contributed by atoms with Crippen LogP contribution in [0.15, 0.2) is 67.2 Å². The second kappa shape index (κ2) is 7.64. The van der Waals surface area contributed by atoms with Crippen molar-refractivity contribution in [2.24, 2.45) is 0 Å². The Kier molecular flexibility index (Phi) is 5.42. The molecule has 0 fully saturated rings. The van der Waals surface area contributed by atoms with Gasteiger partial charge in [0.05, 0.1) is 12.1 Å². The molecule has 0 saturated carbocycles. The summed E-state index contributed by atoms with van der Waals surface area (Å²) in [5, 5.41) is 13.9. The van der Waals surface area contributed by atoms with Gasteiger partial charge in [0.2, 0.25) is 0 Å². The lowest BCUT2D eigenvalue weighted by Crippen LogP contribution is -2.50. The SMILES string of the molecule is C=C(CC(O)(CNc1cccc2nc(C)ccc12)C(F)(F)F)c1ccccc1. The minimum absolute atomic E-state index is 0.220. The number of aliphatic hydroxyl groups is 1. The Morgan fingerprint density at radius 1 is 1.04 bits per heavy atom. The third kappa shape index (κ3) is 4.17. The van der Waals surface area contributed by atoms with E-state index in [0.717, 1.165) is 5.69 Å². The van der Waals surface area contributed by atoms with E-state index in [1.165, 1.54) is 0 Å². The molecule has 0 bridgehead atoms. The van der Waals surface area contributed by atoms with Gasteiger partial charge in [-0.15, -0.1) is 0 Å². The number of fused-ring (bicyclic) bond motifs is 1. The largest absolute Gasteiger partial charge is 0.419 e. The summed E-state index contributed by atoms with van der Waals surface area (Å²) in [6, 6.07) is 17.3. The summed E-state index contributed by atoms with van der Waals surface area (Å²) in [5.41, 5.74) is -0.199. The molecule has 6 heteroatoms. The van der Waals surface area contributed by atoms with Gasteiger partial charge >= 0.3 is 6.18 Å². The Labute approximate surface area is 161 Å². The summed E-state index contributed by atoms with van der Waals surface area (Å²) in [6.45, 7) is 4.89. The van der Waals surface area contributed by atoms with Crippen molar-refractivity contribution in [1.82, 2.24) is 4.98 Å². The van der Waals surface area contributed by atoms with Gasteiger partial charge in [-0.1, -0.05) is 43.0 Å². The molecular formula is C22H21F3N2O. The van der Waals surface area contributed by atoms with Crippen molar-refractivity contribution in [2.45, 2.75) is 25.1 Å². The summed E-state index contributed by atoms with van der Waals surface area (Å²) in [4.78, 5) is 4.38. The standard InChI is InChI=1S/C22H21F3N2O/c1-15(17-7-4-3-5-8-17)13-21(28,22(23,24)25)14-26-19-9-6-10-20-18(19)12-11-16(2)27-20/h3-12,26,28H,1,13-14H2,2H3. The van der Waals surface area contributed by atoms with E-state index in [4.69, 9.17) is 0 Å². The number of aryl methyl sites for hydroxylation is 1. The van der Waals surface area contributed by atoms with Crippen molar-refractivity contribution >= 4 is 22.2 Å². The number of nitrogens with zero attached hydrogens (tertiary/aromatic N) is 1. The van der Waals surface area contributed by atoms with Crippen LogP contribution in [0.4, 0.5) is 18.9 Å². The number of rotatable bonds is 6. The zero-order chi connectivity index (χ0) is 20.4. The number of halogens is 3. The second-order valence-corrected chi connectivity index (χ2v) is 6.85. The lowest BCUT2D eigenvalue weighted by molar-refractivity contribution is -0.252. The molecular weight excluding hydrogens is 365 g/mol. The number of aromatic nitrogens is 1. The van der Waals surface area contributed by atoms with Crippen LogP contribution in [0.3, 0.4) is 0 Å². The van der Waals surface area contributed by atoms with Gasteiger partial charge in [0.1, 0.15) is 0 Å². The lowest BCUT2D eigenvalue weighted by atomic mass is 9.90. The Morgan fingerprint density at radius 2 is 1.75 bits per heavy atom. The van der Waals surface area contributed by atoms with E-state index in [-0.39, 0.29) is 5.57 Å². The molecule has 28 heavy (non-hydrogen) atoms. The van der Waals surface area contributed by atoms with Gasteiger partial charge in [0.25, 0.3) is 0 Å². The molecule has 0 spiro atoms. The predicted molar refractivity (Wildman–Crippen MR) is 106 cm³/mol. The molecule has 0 aliphatic rings. The fourth-order valence-corrected chi connectivity index (χ4v) is 3.04. The van der Waals surface area contributed by atoms with Gasteiger partial charge in [0, 0.05) is 23.2 Å². The van der Waals surface area contributed by atoms with E-state index in [2.05, 4.69) is 16.9 Å². The fraction of sp³-hybridized carbons (Fsp3) is 0.227. The molecule has 0 aliphatic carbocycles. The van der Waals surface area contributed by atoms with Gasteiger partial charge in [-0.05, 0) is 42.3 Å². The number of pyridine rings is 1. The summed E-state index contributed by atoms with van der Waals surface area (Å²) in [5.74, 6) is 0. The third-order valence-electron chi connectivity index (χ3n) is 4.66. The van der Waals surface area contributed by atoms with E-state index in [1.54, 1.807) is 60.7 Å². The van der Waals surface area contributed by atoms with Gasteiger partial charge in [0.15, 0.2) is 5.60 Å². The van der Waals surface area contributed by atoms with Gasteiger partial charge < -0.3 is 10.4 Å². The first-order chi connectivity index (χ1) is 13.2. The zero-order valence-electron chi connectivity index (χ0n) is 15.4. The lowest BCUT2D eigenvalue weighted by Gasteiger charge is -2.32. The molecule has 0 radical (unpaired) electrons. The highest BCUT2D eigenvalue weighted by Gasteiger charge is 2.53. The number of anilines is 1. The van der Waals surface area contributed by atoms with E-state index < -0.39 is 24.7 Å². The normalized spacial score (nSPS) is 13.9. The average Bonchev–Trinajstić information content (AvgIpc) is 2.65. The highest BCUT2D eigenvalue weighted by molar-refractivity contribution is 5.91. The van der Waals surface area contributed by atoms with Crippen molar-refractivity contribution in [1.29, 1.82) is 0 Å². The smallest absolute Gasteiger partial charge is 0.381 e. The number of hydrogen-bond acceptors (Lipinski definition) is 3. The Morgan fingerprint density at radius 3 is 2.43 bits per heavy atom. The molecule has 2 N–H and O–H groups in total. The Hall–Kier alpha value is -2.86. The minimum atomic E-state index is -4.82. The van der Waals surface area contributed by atoms with Gasteiger partial charge in [-0.3, -0.25) is 4.98 Å². The van der Waals surface area contributed by atoms with Crippen molar-refractivity contribution in [3.05, 3.63) is 78.5 Å². The van der Waals surface area contributed by atoms with Gasteiger partial charge in [-0.25, -0.2) is 0 Å². The molecule has 3 nitrogen and oxygen atoms in total.